The number of methoxy groups -OCH3 is 1. The van der Waals surface area contributed by atoms with Crippen molar-refractivity contribution >= 4 is 32.8 Å². The lowest BCUT2D eigenvalue weighted by atomic mass is 10.1. The average Bonchev–Trinajstić information content (AvgIpc) is 2.38. The first-order chi connectivity index (χ1) is 9.06. The Kier molecular flexibility index (Phi) is 3.99. The fraction of sp³-hybridized carbons (Fsp3) is 0.231. The predicted octanol–water partition coefficient (Wildman–Crippen LogP) is 3.32. The lowest BCUT2D eigenvalue weighted by molar-refractivity contribution is 0.0594. The van der Waals surface area contributed by atoms with E-state index in [0.717, 1.165) is 0 Å². The summed E-state index contributed by atoms with van der Waals surface area (Å²) in [5.74, 6) is -0.583. The van der Waals surface area contributed by atoms with Gasteiger partial charge < -0.3 is 9.47 Å². The lowest BCUT2D eigenvalue weighted by Crippen LogP contribution is -2.06. The first-order valence-corrected chi connectivity index (χ1v) is 6.37. The third kappa shape index (κ3) is 2.68. The van der Waals surface area contributed by atoms with Crippen LogP contribution < -0.4 is 4.74 Å². The van der Waals surface area contributed by atoms with Crippen molar-refractivity contribution in [2.75, 3.05) is 13.7 Å². The normalized spacial score (nSPS) is 10.5. The van der Waals surface area contributed by atoms with E-state index in [1.165, 1.54) is 25.3 Å². The molecule has 0 aliphatic heterocycles. The van der Waals surface area contributed by atoms with Gasteiger partial charge in [-0.1, -0.05) is 0 Å². The van der Waals surface area contributed by atoms with Crippen LogP contribution >= 0.6 is 15.9 Å². The van der Waals surface area contributed by atoms with E-state index in [4.69, 9.17) is 4.74 Å². The van der Waals surface area contributed by atoms with E-state index in [9.17, 15) is 9.18 Å². The summed E-state index contributed by atoms with van der Waals surface area (Å²) in [6.45, 7) is 2.20. The molecule has 0 aliphatic rings. The molecule has 1 heterocycles. The van der Waals surface area contributed by atoms with Gasteiger partial charge in [0, 0.05) is 15.9 Å². The minimum Gasteiger partial charge on any atom is -0.493 e. The Morgan fingerprint density at radius 3 is 2.79 bits per heavy atom. The van der Waals surface area contributed by atoms with E-state index in [0.29, 0.717) is 27.7 Å². The number of carbonyl (C=O) groups is 1. The molecular weight excluding hydrogens is 317 g/mol. The minimum absolute atomic E-state index is 0.116. The fourth-order valence-corrected chi connectivity index (χ4v) is 2.23. The summed E-state index contributed by atoms with van der Waals surface area (Å²) in [7, 11) is 1.27. The Bertz CT molecular complexity index is 645. The molecule has 0 fully saturated rings. The number of nitrogens with zero attached hydrogens (tertiary/aromatic N) is 1. The molecule has 0 saturated heterocycles. The molecule has 19 heavy (non-hydrogen) atoms. The molecule has 6 heteroatoms. The summed E-state index contributed by atoms with van der Waals surface area (Å²) in [4.78, 5) is 15.7. The standard InChI is InChI=1S/C13H11BrFNO3/c1-3-19-11-6-10(13(17)18-2)16-12-8(11)4-7(15)5-9(12)14/h4-6H,3H2,1-2H3. The van der Waals surface area contributed by atoms with Crippen LogP contribution in [0.1, 0.15) is 17.4 Å². The zero-order valence-corrected chi connectivity index (χ0v) is 12.0. The van der Waals surface area contributed by atoms with Gasteiger partial charge in [0.2, 0.25) is 0 Å². The SMILES string of the molecule is CCOc1cc(C(=O)OC)nc2c(Br)cc(F)cc12. The number of rotatable bonds is 3. The Balaban J connectivity index is 2.75. The van der Waals surface area contributed by atoms with Crippen LogP contribution in [0.5, 0.6) is 5.75 Å². The number of halogens is 2. The number of esters is 1. The van der Waals surface area contributed by atoms with Crippen molar-refractivity contribution in [3.8, 4) is 5.75 Å². The van der Waals surface area contributed by atoms with Gasteiger partial charge in [0.05, 0.1) is 19.2 Å². The second-order valence-corrected chi connectivity index (χ2v) is 4.57. The van der Waals surface area contributed by atoms with Crippen LogP contribution in [0.25, 0.3) is 10.9 Å². The van der Waals surface area contributed by atoms with Gasteiger partial charge in [-0.15, -0.1) is 0 Å². The predicted molar refractivity (Wildman–Crippen MR) is 71.9 cm³/mol. The minimum atomic E-state index is -0.570. The van der Waals surface area contributed by atoms with Crippen LogP contribution in [-0.4, -0.2) is 24.7 Å². The van der Waals surface area contributed by atoms with Crippen molar-refractivity contribution in [1.82, 2.24) is 4.98 Å². The molecule has 1 aromatic heterocycles. The first kappa shape index (κ1) is 13.7. The molecule has 2 rings (SSSR count). The maximum absolute atomic E-state index is 13.4. The molecule has 4 nitrogen and oxygen atoms in total. The van der Waals surface area contributed by atoms with Gasteiger partial charge in [-0.2, -0.15) is 0 Å². The molecule has 0 atom stereocenters. The Labute approximate surface area is 117 Å². The number of hydrogen-bond donors (Lipinski definition) is 0. The zero-order valence-electron chi connectivity index (χ0n) is 10.4. The molecule has 0 aliphatic carbocycles. The monoisotopic (exact) mass is 327 g/mol. The third-order valence-corrected chi connectivity index (χ3v) is 3.09. The van der Waals surface area contributed by atoms with Crippen LogP contribution in [0.4, 0.5) is 4.39 Å². The topological polar surface area (TPSA) is 48.4 Å². The Morgan fingerprint density at radius 1 is 1.42 bits per heavy atom. The Hall–Kier alpha value is -1.69. The van der Waals surface area contributed by atoms with E-state index in [-0.39, 0.29) is 5.69 Å². The molecule has 0 bridgehead atoms. The number of benzene rings is 1. The molecule has 2 aromatic rings. The molecular formula is C13H11BrFNO3. The molecule has 0 unspecified atom stereocenters. The number of aromatic nitrogens is 1. The second-order valence-electron chi connectivity index (χ2n) is 3.71. The van der Waals surface area contributed by atoms with Crippen molar-refractivity contribution in [2.45, 2.75) is 6.92 Å². The largest absolute Gasteiger partial charge is 0.493 e. The summed E-state index contributed by atoms with van der Waals surface area (Å²) in [6.07, 6.45) is 0. The van der Waals surface area contributed by atoms with Crippen molar-refractivity contribution < 1.29 is 18.7 Å². The van der Waals surface area contributed by atoms with E-state index >= 15 is 0 Å². The Morgan fingerprint density at radius 2 is 2.16 bits per heavy atom. The smallest absolute Gasteiger partial charge is 0.356 e. The zero-order chi connectivity index (χ0) is 14.0. The van der Waals surface area contributed by atoms with Gasteiger partial charge in [-0.3, -0.25) is 0 Å². The highest BCUT2D eigenvalue weighted by Crippen LogP contribution is 2.31. The third-order valence-electron chi connectivity index (χ3n) is 2.49. The fourth-order valence-electron chi connectivity index (χ4n) is 1.71. The number of hydrogen-bond acceptors (Lipinski definition) is 4. The summed E-state index contributed by atoms with van der Waals surface area (Å²) < 4.78 is 24.0. The van der Waals surface area contributed by atoms with E-state index < -0.39 is 11.8 Å². The van der Waals surface area contributed by atoms with Crippen molar-refractivity contribution in [1.29, 1.82) is 0 Å². The van der Waals surface area contributed by atoms with Gasteiger partial charge in [-0.25, -0.2) is 14.2 Å². The second kappa shape index (κ2) is 5.52. The van der Waals surface area contributed by atoms with Gasteiger partial charge >= 0.3 is 5.97 Å². The highest BCUT2D eigenvalue weighted by molar-refractivity contribution is 9.10. The molecule has 0 saturated carbocycles. The number of ether oxygens (including phenoxy) is 2. The van der Waals surface area contributed by atoms with Crippen LogP contribution in [-0.2, 0) is 4.74 Å². The summed E-state index contributed by atoms with van der Waals surface area (Å²) >= 11 is 3.23. The van der Waals surface area contributed by atoms with Crippen LogP contribution in [0.3, 0.4) is 0 Å². The van der Waals surface area contributed by atoms with E-state index in [2.05, 4.69) is 25.7 Å². The number of fused-ring (bicyclic) bond motifs is 1. The lowest BCUT2D eigenvalue weighted by Gasteiger charge is -2.10. The van der Waals surface area contributed by atoms with E-state index in [1.54, 1.807) is 6.92 Å². The molecule has 100 valence electrons. The number of carbonyl (C=O) groups excluding carboxylic acids is 1. The molecule has 0 radical (unpaired) electrons. The van der Waals surface area contributed by atoms with Gasteiger partial charge in [0.15, 0.2) is 5.69 Å². The molecule has 0 spiro atoms. The maximum Gasteiger partial charge on any atom is 0.356 e. The van der Waals surface area contributed by atoms with E-state index in [1.807, 2.05) is 0 Å². The molecule has 0 amide bonds. The first-order valence-electron chi connectivity index (χ1n) is 5.57. The van der Waals surface area contributed by atoms with Crippen molar-refractivity contribution in [2.24, 2.45) is 0 Å². The highest BCUT2D eigenvalue weighted by Gasteiger charge is 2.15. The average molecular weight is 328 g/mol. The van der Waals surface area contributed by atoms with Gasteiger partial charge in [0.25, 0.3) is 0 Å². The molecule has 1 aromatic carbocycles. The maximum atomic E-state index is 13.4. The van der Waals surface area contributed by atoms with Gasteiger partial charge in [0.1, 0.15) is 11.6 Å². The van der Waals surface area contributed by atoms with Crippen molar-refractivity contribution in [3.63, 3.8) is 0 Å². The summed E-state index contributed by atoms with van der Waals surface area (Å²) in [5, 5.41) is 0.501. The number of pyridine rings is 1. The highest BCUT2D eigenvalue weighted by atomic mass is 79.9. The van der Waals surface area contributed by atoms with Crippen molar-refractivity contribution in [3.05, 3.63) is 34.2 Å². The summed E-state index contributed by atoms with van der Waals surface area (Å²) in [5.41, 5.74) is 0.568. The molecule has 0 N–H and O–H groups in total. The van der Waals surface area contributed by atoms with Crippen LogP contribution in [0.2, 0.25) is 0 Å². The van der Waals surface area contributed by atoms with Crippen LogP contribution in [0, 0.1) is 5.82 Å². The summed E-state index contributed by atoms with van der Waals surface area (Å²) in [6, 6.07) is 4.05. The quantitative estimate of drug-likeness (QED) is 0.811. The van der Waals surface area contributed by atoms with Gasteiger partial charge in [-0.05, 0) is 35.0 Å². The van der Waals surface area contributed by atoms with Crippen LogP contribution in [0.15, 0.2) is 22.7 Å².